The number of aromatic nitrogens is 3. The van der Waals surface area contributed by atoms with Crippen molar-refractivity contribution >= 4 is 16.9 Å². The first kappa shape index (κ1) is 22.2. The summed E-state index contributed by atoms with van der Waals surface area (Å²) >= 11 is 0. The molecule has 34 heavy (non-hydrogen) atoms. The molecule has 3 aromatic rings. The first-order valence-corrected chi connectivity index (χ1v) is 11.7. The molecule has 178 valence electrons. The summed E-state index contributed by atoms with van der Waals surface area (Å²) in [5.41, 5.74) is 2.40. The Kier molecular flexibility index (Phi) is 5.63. The van der Waals surface area contributed by atoms with Crippen LogP contribution in [0.15, 0.2) is 27.8 Å². The monoisotopic (exact) mass is 464 g/mol. The van der Waals surface area contributed by atoms with E-state index in [1.54, 1.807) is 25.2 Å². The third-order valence-corrected chi connectivity index (χ3v) is 6.65. The summed E-state index contributed by atoms with van der Waals surface area (Å²) in [6.07, 6.45) is 3.35. The van der Waals surface area contributed by atoms with Gasteiger partial charge >= 0.3 is 5.69 Å². The van der Waals surface area contributed by atoms with Gasteiger partial charge in [-0.1, -0.05) is 6.92 Å². The molecule has 1 saturated carbocycles. The summed E-state index contributed by atoms with van der Waals surface area (Å²) in [4.78, 5) is 48.0. The largest absolute Gasteiger partial charge is 0.493 e. The maximum Gasteiger partial charge on any atom is 0.329 e. The molecule has 3 heterocycles. The number of aromatic amines is 1. The maximum absolute atomic E-state index is 13.8. The number of nitrogens with one attached hydrogen (secondary N) is 1. The van der Waals surface area contributed by atoms with Gasteiger partial charge in [0.15, 0.2) is 17.1 Å². The molecule has 0 radical (unpaired) electrons. The van der Waals surface area contributed by atoms with E-state index in [9.17, 15) is 14.4 Å². The van der Waals surface area contributed by atoms with Gasteiger partial charge in [-0.05, 0) is 55.0 Å². The highest BCUT2D eigenvalue weighted by Crippen LogP contribution is 2.40. The van der Waals surface area contributed by atoms with Crippen molar-refractivity contribution in [1.29, 1.82) is 0 Å². The van der Waals surface area contributed by atoms with E-state index in [1.807, 2.05) is 19.1 Å². The molecule has 0 bridgehead atoms. The fraction of sp³-hybridized carbons (Fsp3) is 0.440. The van der Waals surface area contributed by atoms with Crippen molar-refractivity contribution in [2.45, 2.75) is 51.6 Å². The van der Waals surface area contributed by atoms with Crippen molar-refractivity contribution in [3.05, 3.63) is 61.4 Å². The Balaban J connectivity index is 1.61. The molecule has 0 unspecified atom stereocenters. The lowest BCUT2D eigenvalue weighted by molar-refractivity contribution is 0.0736. The molecule has 2 aliphatic rings. The molecular weight excluding hydrogens is 436 g/mol. The van der Waals surface area contributed by atoms with Crippen LogP contribution in [0.3, 0.4) is 0 Å². The van der Waals surface area contributed by atoms with Gasteiger partial charge in [0, 0.05) is 31.2 Å². The van der Waals surface area contributed by atoms with Crippen LogP contribution in [0.5, 0.6) is 11.5 Å². The summed E-state index contributed by atoms with van der Waals surface area (Å²) in [5.74, 6) is 1.30. The molecule has 1 N–H and O–H groups in total. The van der Waals surface area contributed by atoms with Gasteiger partial charge in [0.1, 0.15) is 0 Å². The number of carbonyl (C=O) groups excluding carboxylic acids is 1. The highest BCUT2D eigenvalue weighted by Gasteiger charge is 2.31. The average Bonchev–Trinajstić information content (AvgIpc) is 3.69. The molecule has 9 heteroatoms. The van der Waals surface area contributed by atoms with Crippen molar-refractivity contribution in [1.82, 2.24) is 19.4 Å². The Hall–Kier alpha value is -3.62. The Morgan fingerprint density at radius 3 is 2.47 bits per heavy atom. The van der Waals surface area contributed by atoms with Crippen molar-refractivity contribution < 1.29 is 14.3 Å². The molecule has 1 aliphatic carbocycles. The van der Waals surface area contributed by atoms with Crippen LogP contribution < -0.4 is 20.7 Å². The van der Waals surface area contributed by atoms with E-state index in [4.69, 9.17) is 9.47 Å². The number of carbonyl (C=O) groups is 1. The second-order valence-corrected chi connectivity index (χ2v) is 8.93. The van der Waals surface area contributed by atoms with E-state index in [-0.39, 0.29) is 17.2 Å². The average molecular weight is 465 g/mol. The normalized spacial score (nSPS) is 15.3. The van der Waals surface area contributed by atoms with Gasteiger partial charge in [-0.2, -0.15) is 0 Å². The molecule has 5 rings (SSSR count). The summed E-state index contributed by atoms with van der Waals surface area (Å²) < 4.78 is 12.3. The SMILES string of the molecule is CCCn1c(=O)[nH]c(=O)c2c(C(=O)N3CCc4cc(OC)c(OC)cc4C3)cc(C3CC3)nc21. The van der Waals surface area contributed by atoms with Gasteiger partial charge < -0.3 is 14.4 Å². The first-order chi connectivity index (χ1) is 16.4. The van der Waals surface area contributed by atoms with E-state index < -0.39 is 11.2 Å². The standard InChI is InChI=1S/C25H28N4O5/c1-4-8-29-22-21(23(30)27-25(29)32)17(12-18(26-22)14-5-6-14)24(31)28-9-7-15-10-19(33-2)20(34-3)11-16(15)13-28/h10-12,14H,4-9,13H2,1-3H3,(H,27,30,32). The van der Waals surface area contributed by atoms with Crippen LogP contribution in [-0.2, 0) is 19.5 Å². The van der Waals surface area contributed by atoms with Crippen molar-refractivity contribution in [2.24, 2.45) is 0 Å². The topological polar surface area (TPSA) is 107 Å². The van der Waals surface area contributed by atoms with Gasteiger partial charge in [0.25, 0.3) is 11.5 Å². The fourth-order valence-electron chi connectivity index (χ4n) is 4.71. The molecular formula is C25H28N4O5. The molecule has 1 aromatic carbocycles. The van der Waals surface area contributed by atoms with Crippen molar-refractivity contribution in [2.75, 3.05) is 20.8 Å². The third-order valence-electron chi connectivity index (χ3n) is 6.65. The Bertz CT molecular complexity index is 1400. The molecule has 0 saturated heterocycles. The number of rotatable bonds is 6. The second-order valence-electron chi connectivity index (χ2n) is 8.93. The zero-order valence-corrected chi connectivity index (χ0v) is 19.6. The summed E-state index contributed by atoms with van der Waals surface area (Å²) in [5, 5.41) is 0.181. The van der Waals surface area contributed by atoms with Crippen LogP contribution in [0, 0.1) is 0 Å². The zero-order valence-electron chi connectivity index (χ0n) is 19.6. The number of ether oxygens (including phenoxy) is 2. The van der Waals surface area contributed by atoms with Crippen LogP contribution in [0.2, 0.25) is 0 Å². The van der Waals surface area contributed by atoms with E-state index in [1.165, 1.54) is 4.57 Å². The van der Waals surface area contributed by atoms with Crippen LogP contribution in [0.4, 0.5) is 0 Å². The summed E-state index contributed by atoms with van der Waals surface area (Å²) in [7, 11) is 3.19. The highest BCUT2D eigenvalue weighted by molar-refractivity contribution is 6.05. The fourth-order valence-corrected chi connectivity index (χ4v) is 4.71. The molecule has 0 spiro atoms. The predicted molar refractivity (Wildman–Crippen MR) is 127 cm³/mol. The van der Waals surface area contributed by atoms with Gasteiger partial charge in [-0.25, -0.2) is 9.78 Å². The number of benzene rings is 1. The number of fused-ring (bicyclic) bond motifs is 2. The number of aryl methyl sites for hydroxylation is 1. The Labute approximate surface area is 196 Å². The van der Waals surface area contributed by atoms with E-state index in [2.05, 4.69) is 9.97 Å². The number of hydrogen-bond acceptors (Lipinski definition) is 6. The molecule has 1 aliphatic heterocycles. The first-order valence-electron chi connectivity index (χ1n) is 11.7. The van der Waals surface area contributed by atoms with Crippen LogP contribution in [0.1, 0.15) is 59.3 Å². The predicted octanol–water partition coefficient (Wildman–Crippen LogP) is 2.59. The molecule has 9 nitrogen and oxygen atoms in total. The minimum atomic E-state index is -0.575. The second kappa shape index (κ2) is 8.62. The van der Waals surface area contributed by atoms with E-state index in [0.717, 1.165) is 29.7 Å². The van der Waals surface area contributed by atoms with Gasteiger partial charge in [0.2, 0.25) is 0 Å². The summed E-state index contributed by atoms with van der Waals surface area (Å²) in [6.45, 7) is 3.27. The van der Waals surface area contributed by atoms with Gasteiger partial charge in [-0.3, -0.25) is 19.1 Å². The minimum Gasteiger partial charge on any atom is -0.493 e. The van der Waals surface area contributed by atoms with Gasteiger partial charge in [-0.15, -0.1) is 0 Å². The number of nitrogens with zero attached hydrogens (tertiary/aromatic N) is 3. The van der Waals surface area contributed by atoms with Crippen molar-refractivity contribution in [3.8, 4) is 11.5 Å². The summed E-state index contributed by atoms with van der Waals surface area (Å²) in [6, 6.07) is 5.61. The van der Waals surface area contributed by atoms with Gasteiger partial charge in [0.05, 0.1) is 25.2 Å². The van der Waals surface area contributed by atoms with Crippen LogP contribution in [-0.4, -0.2) is 46.1 Å². The van der Waals surface area contributed by atoms with E-state index in [0.29, 0.717) is 55.2 Å². The lowest BCUT2D eigenvalue weighted by atomic mass is 9.97. The highest BCUT2D eigenvalue weighted by atomic mass is 16.5. The smallest absolute Gasteiger partial charge is 0.329 e. The third kappa shape index (κ3) is 3.74. The molecule has 2 aromatic heterocycles. The number of amides is 1. The molecule has 0 atom stereocenters. The minimum absolute atomic E-state index is 0.181. The lowest BCUT2D eigenvalue weighted by Gasteiger charge is -2.30. The number of methoxy groups -OCH3 is 2. The number of pyridine rings is 1. The quantitative estimate of drug-likeness (QED) is 0.601. The molecule has 1 fully saturated rings. The number of H-pyrrole nitrogens is 1. The Morgan fingerprint density at radius 2 is 1.82 bits per heavy atom. The van der Waals surface area contributed by atoms with Crippen LogP contribution >= 0.6 is 0 Å². The van der Waals surface area contributed by atoms with Crippen molar-refractivity contribution in [3.63, 3.8) is 0 Å². The van der Waals surface area contributed by atoms with E-state index >= 15 is 0 Å². The lowest BCUT2D eigenvalue weighted by Crippen LogP contribution is -2.38. The Morgan fingerprint density at radius 1 is 1.12 bits per heavy atom. The zero-order chi connectivity index (χ0) is 24.0. The number of hydrogen-bond donors (Lipinski definition) is 1. The maximum atomic E-state index is 13.8. The van der Waals surface area contributed by atoms with Crippen LogP contribution in [0.25, 0.3) is 11.0 Å². The molecule has 1 amide bonds.